The van der Waals surface area contributed by atoms with E-state index in [1.165, 1.54) is 6.20 Å². The van der Waals surface area contributed by atoms with Gasteiger partial charge in [-0.05, 0) is 11.6 Å². The van der Waals surface area contributed by atoms with Gasteiger partial charge in [0.2, 0.25) is 0 Å². The smallest absolute Gasteiger partial charge is 0.151 e. The summed E-state index contributed by atoms with van der Waals surface area (Å²) in [7, 11) is 0. The molecule has 0 aliphatic heterocycles. The third kappa shape index (κ3) is 1.87. The Kier molecular flexibility index (Phi) is 2.90. The molecule has 4 heteroatoms. The Hall–Kier alpha value is -1.26. The van der Waals surface area contributed by atoms with E-state index in [1.807, 2.05) is 0 Å². The van der Waals surface area contributed by atoms with Crippen LogP contribution in [0.2, 0.25) is 0 Å². The summed E-state index contributed by atoms with van der Waals surface area (Å²) in [5, 5.41) is 0. The van der Waals surface area contributed by atoms with Crippen LogP contribution in [0.25, 0.3) is 0 Å². The summed E-state index contributed by atoms with van der Waals surface area (Å²) >= 11 is 0. The second-order valence-electron chi connectivity index (χ2n) is 2.51. The van der Waals surface area contributed by atoms with Gasteiger partial charge >= 0.3 is 0 Å². The lowest BCUT2D eigenvalue weighted by Crippen LogP contribution is -2.20. The van der Waals surface area contributed by atoms with Gasteiger partial charge in [0.1, 0.15) is 0 Å². The molecule has 4 nitrogen and oxygen atoms in total. The normalized spacial score (nSPS) is 12.5. The topological polar surface area (TPSA) is 82.0 Å². The van der Waals surface area contributed by atoms with Crippen molar-refractivity contribution in [1.29, 1.82) is 0 Å². The molecule has 1 rings (SSSR count). The van der Waals surface area contributed by atoms with Crippen molar-refractivity contribution in [3.8, 4) is 0 Å². The van der Waals surface area contributed by atoms with E-state index < -0.39 is 0 Å². The first-order valence-electron chi connectivity index (χ1n) is 3.63. The maximum Gasteiger partial charge on any atom is 0.151 e. The molecule has 0 aromatic carbocycles. The number of rotatable bonds is 3. The summed E-state index contributed by atoms with van der Waals surface area (Å²) in [6.45, 7) is 0.351. The van der Waals surface area contributed by atoms with Crippen LogP contribution in [0.5, 0.6) is 0 Å². The van der Waals surface area contributed by atoms with Gasteiger partial charge in [-0.2, -0.15) is 0 Å². The lowest BCUT2D eigenvalue weighted by Gasteiger charge is -2.07. The zero-order valence-corrected chi connectivity index (χ0v) is 6.60. The Bertz CT molecular complexity index is 275. The Morgan fingerprint density at radius 3 is 2.92 bits per heavy atom. The van der Waals surface area contributed by atoms with E-state index in [0.29, 0.717) is 12.1 Å². The number of carbonyl (C=O) groups is 1. The molecular formula is C8H11N3O. The van der Waals surface area contributed by atoms with Crippen LogP contribution in [0.4, 0.5) is 0 Å². The minimum Gasteiger partial charge on any atom is -0.329 e. The zero-order valence-electron chi connectivity index (χ0n) is 6.60. The fraction of sp³-hybridized carbons (Fsp3) is 0.250. The first-order chi connectivity index (χ1) is 5.77. The summed E-state index contributed by atoms with van der Waals surface area (Å²) in [5.74, 6) is 0. The predicted octanol–water partition coefficient (Wildman–Crippen LogP) is -0.147. The predicted molar refractivity (Wildman–Crippen MR) is 45.6 cm³/mol. The second-order valence-corrected chi connectivity index (χ2v) is 2.51. The Morgan fingerprint density at radius 2 is 2.33 bits per heavy atom. The van der Waals surface area contributed by atoms with Crippen LogP contribution in [0, 0.1) is 0 Å². The molecule has 1 heterocycles. The van der Waals surface area contributed by atoms with Crippen LogP contribution in [0.15, 0.2) is 18.5 Å². The quantitative estimate of drug-likeness (QED) is 0.610. The highest BCUT2D eigenvalue weighted by molar-refractivity contribution is 5.74. The molecule has 0 saturated carbocycles. The van der Waals surface area contributed by atoms with Crippen molar-refractivity contribution in [2.75, 3.05) is 6.54 Å². The fourth-order valence-corrected chi connectivity index (χ4v) is 0.880. The summed E-state index contributed by atoms with van der Waals surface area (Å²) in [5.41, 5.74) is 12.3. The third-order valence-electron chi connectivity index (χ3n) is 1.60. The maximum absolute atomic E-state index is 10.4. The molecule has 1 aromatic rings. The molecule has 64 valence electrons. The number of aldehydes is 1. The molecule has 0 fully saturated rings. The molecule has 1 atom stereocenters. The highest BCUT2D eigenvalue weighted by atomic mass is 16.1. The molecule has 1 aromatic heterocycles. The van der Waals surface area contributed by atoms with Gasteiger partial charge in [0.25, 0.3) is 0 Å². The van der Waals surface area contributed by atoms with Gasteiger partial charge in [-0.25, -0.2) is 0 Å². The van der Waals surface area contributed by atoms with Crippen molar-refractivity contribution in [3.05, 3.63) is 29.6 Å². The van der Waals surface area contributed by atoms with E-state index in [0.717, 1.165) is 11.8 Å². The number of pyridine rings is 1. The molecule has 0 amide bonds. The van der Waals surface area contributed by atoms with Crippen molar-refractivity contribution in [2.45, 2.75) is 6.04 Å². The van der Waals surface area contributed by atoms with Crippen molar-refractivity contribution < 1.29 is 4.79 Å². The van der Waals surface area contributed by atoms with Gasteiger partial charge in [0, 0.05) is 30.5 Å². The second kappa shape index (κ2) is 3.94. The van der Waals surface area contributed by atoms with Crippen molar-refractivity contribution >= 4 is 6.29 Å². The van der Waals surface area contributed by atoms with Crippen LogP contribution < -0.4 is 11.5 Å². The van der Waals surface area contributed by atoms with Crippen molar-refractivity contribution in [3.63, 3.8) is 0 Å². The lowest BCUT2D eigenvalue weighted by molar-refractivity contribution is 0.112. The SMILES string of the molecule is NC[C@@H](N)c1cncc(C=O)c1. The molecule has 0 aliphatic rings. The van der Waals surface area contributed by atoms with Gasteiger partial charge < -0.3 is 11.5 Å². The number of nitrogens with zero attached hydrogens (tertiary/aromatic N) is 1. The van der Waals surface area contributed by atoms with E-state index in [2.05, 4.69) is 4.98 Å². The van der Waals surface area contributed by atoms with Crippen LogP contribution in [-0.4, -0.2) is 17.8 Å². The average molecular weight is 165 g/mol. The van der Waals surface area contributed by atoms with Crippen molar-refractivity contribution in [2.24, 2.45) is 11.5 Å². The Labute approximate surface area is 70.6 Å². The van der Waals surface area contributed by atoms with Crippen LogP contribution in [0.3, 0.4) is 0 Å². The molecule has 0 radical (unpaired) electrons. The van der Waals surface area contributed by atoms with E-state index in [-0.39, 0.29) is 6.04 Å². The molecule has 0 unspecified atom stereocenters. The average Bonchev–Trinajstić information content (AvgIpc) is 2.17. The largest absolute Gasteiger partial charge is 0.329 e. The fourth-order valence-electron chi connectivity index (χ4n) is 0.880. The number of nitrogens with two attached hydrogens (primary N) is 2. The number of aromatic nitrogens is 1. The summed E-state index contributed by atoms with van der Waals surface area (Å²) < 4.78 is 0. The molecule has 0 aliphatic carbocycles. The molecule has 0 saturated heterocycles. The third-order valence-corrected chi connectivity index (χ3v) is 1.60. The molecule has 0 spiro atoms. The standard InChI is InChI=1S/C8H11N3O/c9-2-8(10)7-1-6(5-12)3-11-4-7/h1,3-5,8H,2,9-10H2/t8-/m1/s1. The Balaban J connectivity index is 2.93. The highest BCUT2D eigenvalue weighted by Gasteiger charge is 2.03. The highest BCUT2D eigenvalue weighted by Crippen LogP contribution is 2.07. The van der Waals surface area contributed by atoms with E-state index in [4.69, 9.17) is 11.5 Å². The number of hydrogen-bond acceptors (Lipinski definition) is 4. The first kappa shape index (κ1) is 8.83. The molecule has 4 N–H and O–H groups in total. The van der Waals surface area contributed by atoms with E-state index in [1.54, 1.807) is 12.3 Å². The van der Waals surface area contributed by atoms with Gasteiger partial charge in [-0.3, -0.25) is 9.78 Å². The van der Waals surface area contributed by atoms with E-state index in [9.17, 15) is 4.79 Å². The van der Waals surface area contributed by atoms with Gasteiger partial charge in [-0.1, -0.05) is 0 Å². The minimum atomic E-state index is -0.239. The lowest BCUT2D eigenvalue weighted by atomic mass is 10.1. The summed E-state index contributed by atoms with van der Waals surface area (Å²) in [6, 6.07) is 1.45. The number of carbonyl (C=O) groups excluding carboxylic acids is 1. The summed E-state index contributed by atoms with van der Waals surface area (Å²) in [6.07, 6.45) is 3.84. The zero-order chi connectivity index (χ0) is 8.97. The van der Waals surface area contributed by atoms with Gasteiger partial charge in [-0.15, -0.1) is 0 Å². The van der Waals surface area contributed by atoms with Crippen LogP contribution in [-0.2, 0) is 0 Å². The van der Waals surface area contributed by atoms with Crippen LogP contribution in [0.1, 0.15) is 22.0 Å². The Morgan fingerprint density at radius 1 is 1.58 bits per heavy atom. The minimum absolute atomic E-state index is 0.239. The molecular weight excluding hydrogens is 154 g/mol. The molecule has 12 heavy (non-hydrogen) atoms. The van der Waals surface area contributed by atoms with Gasteiger partial charge in [0.05, 0.1) is 0 Å². The van der Waals surface area contributed by atoms with E-state index >= 15 is 0 Å². The number of hydrogen-bond donors (Lipinski definition) is 2. The molecule has 0 bridgehead atoms. The first-order valence-corrected chi connectivity index (χ1v) is 3.63. The summed E-state index contributed by atoms with van der Waals surface area (Å²) in [4.78, 5) is 14.2. The van der Waals surface area contributed by atoms with Crippen LogP contribution >= 0.6 is 0 Å². The van der Waals surface area contributed by atoms with Gasteiger partial charge in [0.15, 0.2) is 6.29 Å². The van der Waals surface area contributed by atoms with Crippen molar-refractivity contribution in [1.82, 2.24) is 4.98 Å². The maximum atomic E-state index is 10.4. The monoisotopic (exact) mass is 165 g/mol.